The van der Waals surface area contributed by atoms with Gasteiger partial charge in [-0.25, -0.2) is 0 Å². The fourth-order valence-corrected chi connectivity index (χ4v) is 7.62. The van der Waals surface area contributed by atoms with Crippen LogP contribution in [0.15, 0.2) is 62.6 Å². The van der Waals surface area contributed by atoms with E-state index < -0.39 is 0 Å². The SMILES string of the molecule is CCCCCC1=CC(=CC2=C(O)/C(=C/c3cc(CCCCC)[s+]c(CCCCC)c3)C2=O)C=C(CCCCC)S1. The number of Topliss-reactive ketones (excluding diaryl/α,β-unsaturated/α-hetero) is 1. The van der Waals surface area contributed by atoms with Crippen molar-refractivity contribution in [2.75, 3.05) is 0 Å². The van der Waals surface area contributed by atoms with Crippen molar-refractivity contribution in [1.82, 2.24) is 0 Å². The highest BCUT2D eigenvalue weighted by molar-refractivity contribution is 8.06. The van der Waals surface area contributed by atoms with Crippen LogP contribution in [0.4, 0.5) is 0 Å². The van der Waals surface area contributed by atoms with Crippen LogP contribution in [0, 0.1) is 0 Å². The van der Waals surface area contributed by atoms with Gasteiger partial charge in [0.05, 0.1) is 11.1 Å². The molecule has 0 saturated heterocycles. The largest absolute Gasteiger partial charge is 0.506 e. The normalized spacial score (nSPS) is 16.4. The number of carbonyl (C=O) groups excluding carboxylic acids is 1. The highest BCUT2D eigenvalue weighted by Gasteiger charge is 2.32. The molecule has 0 amide bonds. The predicted octanol–water partition coefficient (Wildman–Crippen LogP) is 11.9. The molecule has 1 aromatic heterocycles. The van der Waals surface area contributed by atoms with Gasteiger partial charge in [0.15, 0.2) is 0 Å². The molecule has 0 aromatic carbocycles. The van der Waals surface area contributed by atoms with E-state index in [1.54, 1.807) is 0 Å². The van der Waals surface area contributed by atoms with E-state index >= 15 is 0 Å². The standard InChI is InChI=1S/C36H50O2S2/c1-5-9-13-17-29-21-27(22-30(39-29)18-14-10-6-2)25-33-35(37)34(36(33)38)26-28-23-31(19-15-11-7-3)40-32(24-28)20-16-12-8-4/h21-26H,5-20H2,1-4H3/p+1. The van der Waals surface area contributed by atoms with Crippen LogP contribution in [-0.4, -0.2) is 10.9 Å². The molecule has 40 heavy (non-hydrogen) atoms. The van der Waals surface area contributed by atoms with Gasteiger partial charge < -0.3 is 5.11 Å². The summed E-state index contributed by atoms with van der Waals surface area (Å²) in [4.78, 5) is 18.8. The van der Waals surface area contributed by atoms with Gasteiger partial charge in [0, 0.05) is 25.0 Å². The molecule has 0 radical (unpaired) electrons. The molecule has 2 heterocycles. The number of rotatable bonds is 18. The van der Waals surface area contributed by atoms with Crippen LogP contribution in [-0.2, 0) is 17.6 Å². The number of hydrogen-bond acceptors (Lipinski definition) is 3. The van der Waals surface area contributed by atoms with Gasteiger partial charge in [0.2, 0.25) is 26.9 Å². The van der Waals surface area contributed by atoms with Crippen molar-refractivity contribution >= 4 is 35.0 Å². The Balaban J connectivity index is 1.85. The molecule has 2 nitrogen and oxygen atoms in total. The van der Waals surface area contributed by atoms with Crippen molar-refractivity contribution in [3.8, 4) is 0 Å². The summed E-state index contributed by atoms with van der Waals surface area (Å²) in [6.45, 7) is 8.96. The van der Waals surface area contributed by atoms with E-state index in [2.05, 4.69) is 52.0 Å². The van der Waals surface area contributed by atoms with E-state index in [-0.39, 0.29) is 11.5 Å². The first-order chi connectivity index (χ1) is 19.5. The Morgan fingerprint density at radius 2 is 1.18 bits per heavy atom. The first-order valence-corrected chi connectivity index (χ1v) is 17.6. The number of hydrogen-bond donors (Lipinski definition) is 1. The minimum Gasteiger partial charge on any atom is -0.506 e. The van der Waals surface area contributed by atoms with Gasteiger partial charge in [-0.1, -0.05) is 90.8 Å². The molecule has 0 atom stereocenters. The number of ketones is 1. The number of carbonyl (C=O) groups is 1. The highest BCUT2D eigenvalue weighted by atomic mass is 32.2. The third kappa shape index (κ3) is 10.2. The van der Waals surface area contributed by atoms with Crippen LogP contribution in [0.5, 0.6) is 0 Å². The highest BCUT2D eigenvalue weighted by Crippen LogP contribution is 2.40. The molecule has 3 rings (SSSR count). The molecule has 0 unspecified atom stereocenters. The molecule has 1 N–H and O–H groups in total. The topological polar surface area (TPSA) is 37.3 Å². The number of unbranched alkanes of at least 4 members (excludes halogenated alkanes) is 8. The maximum absolute atomic E-state index is 13.3. The molecule has 1 aromatic rings. The van der Waals surface area contributed by atoms with Crippen molar-refractivity contribution in [2.45, 2.75) is 130 Å². The lowest BCUT2D eigenvalue weighted by Gasteiger charge is -2.21. The monoisotopic (exact) mass is 579 g/mol. The second-order valence-corrected chi connectivity index (χ2v) is 13.8. The summed E-state index contributed by atoms with van der Waals surface area (Å²) in [5.41, 5.74) is 2.99. The fourth-order valence-electron chi connectivity index (χ4n) is 5.18. The average molecular weight is 580 g/mol. The molecular weight excluding hydrogens is 529 g/mol. The van der Waals surface area contributed by atoms with Crippen LogP contribution in [0.1, 0.15) is 133 Å². The van der Waals surface area contributed by atoms with Gasteiger partial charge in [-0.15, -0.1) is 0 Å². The Morgan fingerprint density at radius 1 is 0.700 bits per heavy atom. The summed E-state index contributed by atoms with van der Waals surface area (Å²) in [6.07, 6.45) is 27.2. The lowest BCUT2D eigenvalue weighted by atomic mass is 9.85. The Labute approximate surface area is 252 Å². The van der Waals surface area contributed by atoms with E-state index in [9.17, 15) is 9.90 Å². The second kappa shape index (κ2) is 17.8. The summed E-state index contributed by atoms with van der Waals surface area (Å²) in [6, 6.07) is 4.45. The number of thioether (sulfide) groups is 1. The molecule has 0 fully saturated rings. The number of allylic oxidation sites excluding steroid dienone is 8. The summed E-state index contributed by atoms with van der Waals surface area (Å²) >= 11 is 3.83. The summed E-state index contributed by atoms with van der Waals surface area (Å²) in [7, 11) is 0. The van der Waals surface area contributed by atoms with Crippen molar-refractivity contribution < 1.29 is 9.90 Å². The number of aryl methyl sites for hydroxylation is 2. The first-order valence-electron chi connectivity index (χ1n) is 16.0. The second-order valence-electron chi connectivity index (χ2n) is 11.3. The van der Waals surface area contributed by atoms with E-state index in [0.717, 1.165) is 36.8 Å². The zero-order chi connectivity index (χ0) is 28.7. The smallest absolute Gasteiger partial charge is 0.218 e. The predicted molar refractivity (Wildman–Crippen MR) is 178 cm³/mol. The Bertz CT molecular complexity index is 1090. The molecule has 0 spiro atoms. The minimum atomic E-state index is -0.0438. The summed E-state index contributed by atoms with van der Waals surface area (Å²) in [5, 5.41) is 11.0. The van der Waals surface area contributed by atoms with Crippen LogP contribution in [0.2, 0.25) is 0 Å². The zero-order valence-electron chi connectivity index (χ0n) is 25.4. The van der Waals surface area contributed by atoms with E-state index in [4.69, 9.17) is 0 Å². The van der Waals surface area contributed by atoms with Gasteiger partial charge in [-0.3, -0.25) is 4.79 Å². The lowest BCUT2D eigenvalue weighted by Crippen LogP contribution is -2.21. The lowest BCUT2D eigenvalue weighted by molar-refractivity contribution is -0.113. The molecule has 1 aliphatic carbocycles. The first kappa shape index (κ1) is 32.6. The van der Waals surface area contributed by atoms with Gasteiger partial charge in [0.1, 0.15) is 5.76 Å². The number of aliphatic hydroxyl groups is 1. The molecular formula is C36H51O2S2+. The van der Waals surface area contributed by atoms with Gasteiger partial charge in [0.25, 0.3) is 0 Å². The molecule has 218 valence electrons. The Morgan fingerprint density at radius 3 is 1.62 bits per heavy atom. The average Bonchev–Trinajstić information content (AvgIpc) is 2.95. The minimum absolute atomic E-state index is 0.0438. The summed E-state index contributed by atoms with van der Waals surface area (Å²) in [5.74, 6) is 0.0999. The van der Waals surface area contributed by atoms with Gasteiger partial charge in [-0.05, 0) is 83.8 Å². The van der Waals surface area contributed by atoms with E-state index in [1.165, 1.54) is 96.6 Å². The third-order valence-electron chi connectivity index (χ3n) is 7.56. The van der Waals surface area contributed by atoms with Crippen LogP contribution in [0.25, 0.3) is 6.08 Å². The zero-order valence-corrected chi connectivity index (χ0v) is 27.1. The third-order valence-corrected chi connectivity index (χ3v) is 9.90. The molecule has 0 saturated carbocycles. The molecule has 4 heteroatoms. The maximum Gasteiger partial charge on any atom is 0.218 e. The van der Waals surface area contributed by atoms with Crippen LogP contribution in [0.3, 0.4) is 0 Å². The van der Waals surface area contributed by atoms with Crippen molar-refractivity contribution in [3.05, 3.63) is 78.0 Å². The van der Waals surface area contributed by atoms with Crippen LogP contribution >= 0.6 is 23.1 Å². The molecule has 2 aliphatic rings. The quantitative estimate of drug-likeness (QED) is 0.107. The fraction of sp³-hybridized carbons (Fsp3) is 0.556. The molecule has 0 bridgehead atoms. The van der Waals surface area contributed by atoms with Crippen LogP contribution < -0.4 is 0 Å². The summed E-state index contributed by atoms with van der Waals surface area (Å²) < 4.78 is 0. The van der Waals surface area contributed by atoms with Gasteiger partial charge in [-0.2, -0.15) is 0 Å². The van der Waals surface area contributed by atoms with Gasteiger partial charge >= 0.3 is 0 Å². The van der Waals surface area contributed by atoms with Crippen molar-refractivity contribution in [1.29, 1.82) is 0 Å². The van der Waals surface area contributed by atoms with E-state index in [1.807, 2.05) is 35.3 Å². The Kier molecular flexibility index (Phi) is 14.5. The van der Waals surface area contributed by atoms with Crippen molar-refractivity contribution in [3.63, 3.8) is 0 Å². The number of aliphatic hydroxyl groups excluding tert-OH is 1. The molecule has 1 aliphatic heterocycles. The van der Waals surface area contributed by atoms with E-state index in [0.29, 0.717) is 11.1 Å². The van der Waals surface area contributed by atoms with Crippen molar-refractivity contribution in [2.24, 2.45) is 0 Å². The maximum atomic E-state index is 13.3. The Hall–Kier alpha value is -1.91.